The Kier molecular flexibility index (Phi) is 4.01. The van der Waals surface area contributed by atoms with E-state index >= 15 is 0 Å². The Morgan fingerprint density at radius 3 is 3.00 bits per heavy atom. The number of aliphatic hydroxyl groups is 1. The average Bonchev–Trinajstić information content (AvgIpc) is 2.38. The number of hydrogen-bond donors (Lipinski definition) is 2. The lowest BCUT2D eigenvalue weighted by molar-refractivity contribution is 0.239. The van der Waals surface area contributed by atoms with E-state index in [0.29, 0.717) is 11.6 Å². The predicted molar refractivity (Wildman–Crippen MR) is 71.0 cm³/mol. The van der Waals surface area contributed by atoms with Crippen molar-refractivity contribution in [3.05, 3.63) is 22.2 Å². The van der Waals surface area contributed by atoms with Crippen molar-refractivity contribution in [3.63, 3.8) is 0 Å². The van der Waals surface area contributed by atoms with Crippen molar-refractivity contribution in [1.82, 2.24) is 9.97 Å². The quantitative estimate of drug-likeness (QED) is 0.848. The van der Waals surface area contributed by atoms with Gasteiger partial charge in [0.15, 0.2) is 0 Å². The van der Waals surface area contributed by atoms with Crippen LogP contribution in [0.1, 0.15) is 44.9 Å². The van der Waals surface area contributed by atoms with Crippen LogP contribution in [-0.2, 0) is 0 Å². The summed E-state index contributed by atoms with van der Waals surface area (Å²) >= 11 is 0. The molecule has 0 spiro atoms. The van der Waals surface area contributed by atoms with E-state index < -0.39 is 0 Å². The molecule has 5 heteroatoms. The molecule has 1 atom stereocenters. The van der Waals surface area contributed by atoms with Crippen LogP contribution >= 0.6 is 0 Å². The first kappa shape index (κ1) is 13.1. The summed E-state index contributed by atoms with van der Waals surface area (Å²) < 4.78 is 0. The highest BCUT2D eigenvalue weighted by atomic mass is 16.3. The molecule has 2 N–H and O–H groups in total. The van der Waals surface area contributed by atoms with E-state index in [9.17, 15) is 9.90 Å². The second kappa shape index (κ2) is 5.52. The van der Waals surface area contributed by atoms with Crippen LogP contribution in [0.5, 0.6) is 0 Å². The van der Waals surface area contributed by atoms with E-state index in [0.717, 1.165) is 25.8 Å². The maximum atomic E-state index is 11.7. The minimum Gasteiger partial charge on any atom is -0.394 e. The van der Waals surface area contributed by atoms with Gasteiger partial charge in [0, 0.05) is 18.5 Å². The van der Waals surface area contributed by atoms with Crippen molar-refractivity contribution in [2.45, 2.75) is 45.1 Å². The summed E-state index contributed by atoms with van der Waals surface area (Å²) in [5.41, 5.74) is -0.119. The molecule has 2 rings (SSSR count). The van der Waals surface area contributed by atoms with Gasteiger partial charge < -0.3 is 15.0 Å². The lowest BCUT2D eigenvalue weighted by atomic mass is 10.0. The molecule has 1 aliphatic heterocycles. The molecule has 18 heavy (non-hydrogen) atoms. The molecule has 1 fully saturated rings. The zero-order valence-electron chi connectivity index (χ0n) is 11.0. The fourth-order valence-electron chi connectivity index (χ4n) is 2.38. The number of nitrogens with zero attached hydrogens (tertiary/aromatic N) is 2. The van der Waals surface area contributed by atoms with Gasteiger partial charge in [-0.25, -0.2) is 4.98 Å². The summed E-state index contributed by atoms with van der Waals surface area (Å²) in [7, 11) is 0. The molecule has 0 bridgehead atoms. The summed E-state index contributed by atoms with van der Waals surface area (Å²) in [4.78, 5) is 21.0. The van der Waals surface area contributed by atoms with Crippen LogP contribution < -0.4 is 10.5 Å². The Morgan fingerprint density at radius 1 is 1.56 bits per heavy atom. The number of aromatic amines is 1. The minimum atomic E-state index is -0.119. The topological polar surface area (TPSA) is 69.2 Å². The molecule has 0 aliphatic carbocycles. The van der Waals surface area contributed by atoms with Crippen LogP contribution in [0.25, 0.3) is 0 Å². The highest BCUT2D eigenvalue weighted by Gasteiger charge is 2.23. The van der Waals surface area contributed by atoms with Crippen LogP contribution in [0.2, 0.25) is 0 Å². The molecular formula is C13H21N3O2. The molecule has 0 radical (unpaired) electrons. The number of aliphatic hydroxyl groups excluding tert-OH is 1. The fraction of sp³-hybridized carbons (Fsp3) is 0.692. The Labute approximate surface area is 107 Å². The van der Waals surface area contributed by atoms with E-state index in [2.05, 4.69) is 14.9 Å². The Hall–Kier alpha value is -1.36. The standard InChI is InChI=1S/C13H21N3O2/c1-9(2)13-14-11(7-12(18)15-13)16-6-4-3-5-10(16)8-17/h7,9-10,17H,3-6,8H2,1-2H3,(H,14,15,18). The molecule has 0 amide bonds. The van der Waals surface area contributed by atoms with Crippen molar-refractivity contribution in [1.29, 1.82) is 0 Å². The molecule has 1 aromatic heterocycles. The van der Waals surface area contributed by atoms with E-state index in [1.807, 2.05) is 13.8 Å². The number of rotatable bonds is 3. The molecular weight excluding hydrogens is 230 g/mol. The summed E-state index contributed by atoms with van der Waals surface area (Å²) in [6.07, 6.45) is 3.17. The fourth-order valence-corrected chi connectivity index (χ4v) is 2.38. The Balaban J connectivity index is 2.33. The molecule has 5 nitrogen and oxygen atoms in total. The monoisotopic (exact) mass is 251 g/mol. The number of nitrogens with one attached hydrogen (secondary N) is 1. The van der Waals surface area contributed by atoms with Gasteiger partial charge in [-0.2, -0.15) is 0 Å². The second-order valence-electron chi connectivity index (χ2n) is 5.17. The van der Waals surface area contributed by atoms with E-state index in [-0.39, 0.29) is 24.1 Å². The summed E-state index contributed by atoms with van der Waals surface area (Å²) in [6.45, 7) is 4.98. The van der Waals surface area contributed by atoms with E-state index in [4.69, 9.17) is 0 Å². The zero-order valence-corrected chi connectivity index (χ0v) is 11.0. The van der Waals surface area contributed by atoms with E-state index in [1.165, 1.54) is 6.07 Å². The molecule has 1 unspecified atom stereocenters. The highest BCUT2D eigenvalue weighted by molar-refractivity contribution is 5.39. The molecule has 1 aliphatic rings. The van der Waals surface area contributed by atoms with Crippen LogP contribution in [0, 0.1) is 0 Å². The summed E-state index contributed by atoms with van der Waals surface area (Å²) in [6, 6.07) is 1.62. The van der Waals surface area contributed by atoms with Crippen LogP contribution in [-0.4, -0.2) is 34.3 Å². The van der Waals surface area contributed by atoms with Crippen molar-refractivity contribution >= 4 is 5.82 Å². The third kappa shape index (κ3) is 2.72. The van der Waals surface area contributed by atoms with Crippen LogP contribution in [0.3, 0.4) is 0 Å². The third-order valence-corrected chi connectivity index (χ3v) is 3.43. The van der Waals surface area contributed by atoms with Gasteiger partial charge in [-0.1, -0.05) is 13.8 Å². The first-order chi connectivity index (χ1) is 8.61. The number of anilines is 1. The van der Waals surface area contributed by atoms with Crippen LogP contribution in [0.4, 0.5) is 5.82 Å². The number of H-pyrrole nitrogens is 1. The van der Waals surface area contributed by atoms with Crippen molar-refractivity contribution < 1.29 is 5.11 Å². The Morgan fingerprint density at radius 2 is 2.33 bits per heavy atom. The molecule has 100 valence electrons. The number of hydrogen-bond acceptors (Lipinski definition) is 4. The normalized spacial score (nSPS) is 20.4. The minimum absolute atomic E-state index is 0.0908. The molecule has 2 heterocycles. The smallest absolute Gasteiger partial charge is 0.252 e. The van der Waals surface area contributed by atoms with Crippen molar-refractivity contribution in [2.24, 2.45) is 0 Å². The maximum Gasteiger partial charge on any atom is 0.252 e. The number of piperidine rings is 1. The molecule has 0 aromatic carbocycles. The lowest BCUT2D eigenvalue weighted by Crippen LogP contribution is -2.43. The van der Waals surface area contributed by atoms with Gasteiger partial charge in [0.05, 0.1) is 12.6 Å². The van der Waals surface area contributed by atoms with Gasteiger partial charge >= 0.3 is 0 Å². The number of aromatic nitrogens is 2. The molecule has 1 aromatic rings. The summed E-state index contributed by atoms with van der Waals surface area (Å²) in [5.74, 6) is 1.59. The predicted octanol–water partition coefficient (Wildman–Crippen LogP) is 1.24. The first-order valence-corrected chi connectivity index (χ1v) is 6.60. The molecule has 1 saturated heterocycles. The SMILES string of the molecule is CC(C)c1nc(N2CCCCC2CO)cc(=O)[nH]1. The molecule has 0 saturated carbocycles. The average molecular weight is 251 g/mol. The first-order valence-electron chi connectivity index (χ1n) is 6.60. The third-order valence-electron chi connectivity index (χ3n) is 3.43. The maximum absolute atomic E-state index is 11.7. The van der Waals surface area contributed by atoms with Crippen LogP contribution in [0.15, 0.2) is 10.9 Å². The largest absolute Gasteiger partial charge is 0.394 e. The van der Waals surface area contributed by atoms with Gasteiger partial charge in [-0.15, -0.1) is 0 Å². The van der Waals surface area contributed by atoms with Gasteiger partial charge in [-0.3, -0.25) is 4.79 Å². The Bertz CT molecular complexity index is 456. The van der Waals surface area contributed by atoms with Gasteiger partial charge in [0.2, 0.25) is 0 Å². The van der Waals surface area contributed by atoms with Gasteiger partial charge in [-0.05, 0) is 19.3 Å². The van der Waals surface area contributed by atoms with Crippen molar-refractivity contribution in [2.75, 3.05) is 18.1 Å². The zero-order chi connectivity index (χ0) is 13.1. The van der Waals surface area contributed by atoms with E-state index in [1.54, 1.807) is 0 Å². The lowest BCUT2D eigenvalue weighted by Gasteiger charge is -2.35. The van der Waals surface area contributed by atoms with Crippen molar-refractivity contribution in [3.8, 4) is 0 Å². The second-order valence-corrected chi connectivity index (χ2v) is 5.17. The van der Waals surface area contributed by atoms with Gasteiger partial charge in [0.1, 0.15) is 11.6 Å². The summed E-state index contributed by atoms with van der Waals surface area (Å²) in [5, 5.41) is 9.42. The highest BCUT2D eigenvalue weighted by Crippen LogP contribution is 2.22. The van der Waals surface area contributed by atoms with Gasteiger partial charge in [0.25, 0.3) is 5.56 Å².